The number of imidazole rings is 1. The molecule has 0 saturated carbocycles. The summed E-state index contributed by atoms with van der Waals surface area (Å²) in [4.78, 5) is 4.42. The minimum atomic E-state index is -0.233. The fourth-order valence-electron chi connectivity index (χ4n) is 2.29. The van der Waals surface area contributed by atoms with Gasteiger partial charge in [0.1, 0.15) is 11.5 Å². The summed E-state index contributed by atoms with van der Waals surface area (Å²) in [5.74, 6) is -0.233. The molecule has 1 atom stereocenters. The molecule has 1 saturated heterocycles. The van der Waals surface area contributed by atoms with Crippen LogP contribution in [0.25, 0.3) is 5.65 Å². The predicted octanol–water partition coefficient (Wildman–Crippen LogP) is 1.77. The van der Waals surface area contributed by atoms with Crippen LogP contribution in [0.2, 0.25) is 0 Å². The van der Waals surface area contributed by atoms with Crippen LogP contribution in [0.1, 0.15) is 18.5 Å². The number of aromatic nitrogens is 2. The average Bonchev–Trinajstić information content (AvgIpc) is 2.86. The van der Waals surface area contributed by atoms with Gasteiger partial charge in [0.15, 0.2) is 0 Å². The highest BCUT2D eigenvalue weighted by Crippen LogP contribution is 2.13. The Labute approximate surface area is 93.3 Å². The van der Waals surface area contributed by atoms with Crippen LogP contribution in [0.15, 0.2) is 24.5 Å². The molecule has 2 aromatic heterocycles. The van der Waals surface area contributed by atoms with E-state index in [4.69, 9.17) is 0 Å². The summed E-state index contributed by atoms with van der Waals surface area (Å²) < 4.78 is 14.9. The molecule has 0 aromatic carbocycles. The molecule has 0 aliphatic carbocycles. The van der Waals surface area contributed by atoms with Crippen LogP contribution in [0.3, 0.4) is 0 Å². The molecule has 2 aromatic rings. The maximum atomic E-state index is 13.0. The largest absolute Gasteiger partial charge is 0.314 e. The molecule has 84 valence electrons. The Morgan fingerprint density at radius 2 is 2.50 bits per heavy atom. The van der Waals surface area contributed by atoms with Gasteiger partial charge in [-0.1, -0.05) is 0 Å². The number of pyridine rings is 1. The van der Waals surface area contributed by atoms with Gasteiger partial charge in [0.2, 0.25) is 0 Å². The Morgan fingerprint density at radius 3 is 3.31 bits per heavy atom. The Bertz CT molecular complexity index is 500. The summed E-state index contributed by atoms with van der Waals surface area (Å²) in [5.41, 5.74) is 1.72. The minimum absolute atomic E-state index is 0.233. The molecule has 4 heteroatoms. The topological polar surface area (TPSA) is 29.3 Å². The first-order chi connectivity index (χ1) is 7.81. The van der Waals surface area contributed by atoms with Gasteiger partial charge in [-0.15, -0.1) is 0 Å². The normalized spacial score (nSPS) is 20.7. The Morgan fingerprint density at radius 1 is 1.56 bits per heavy atom. The van der Waals surface area contributed by atoms with Gasteiger partial charge < -0.3 is 9.72 Å². The highest BCUT2D eigenvalue weighted by atomic mass is 19.1. The molecule has 0 spiro atoms. The van der Waals surface area contributed by atoms with Gasteiger partial charge in [0, 0.05) is 30.9 Å². The van der Waals surface area contributed by atoms with Crippen molar-refractivity contribution in [2.75, 3.05) is 6.54 Å². The lowest BCUT2D eigenvalue weighted by atomic mass is 10.1. The molecular formula is C12H14FN3. The molecule has 16 heavy (non-hydrogen) atoms. The van der Waals surface area contributed by atoms with E-state index in [2.05, 4.69) is 10.3 Å². The van der Waals surface area contributed by atoms with E-state index in [0.717, 1.165) is 18.7 Å². The van der Waals surface area contributed by atoms with Crippen LogP contribution in [0.4, 0.5) is 4.39 Å². The van der Waals surface area contributed by atoms with Gasteiger partial charge in [0.05, 0.1) is 5.69 Å². The van der Waals surface area contributed by atoms with Crippen LogP contribution in [-0.4, -0.2) is 22.0 Å². The number of nitrogens with zero attached hydrogens (tertiary/aromatic N) is 2. The van der Waals surface area contributed by atoms with Gasteiger partial charge >= 0.3 is 0 Å². The SMILES string of the molecule is Fc1ccn2cc(CC3CCCN3)nc2c1. The third-order valence-electron chi connectivity index (χ3n) is 3.09. The molecule has 1 fully saturated rings. The highest BCUT2D eigenvalue weighted by molar-refractivity contribution is 5.40. The second-order valence-electron chi connectivity index (χ2n) is 4.34. The van der Waals surface area contributed by atoms with Gasteiger partial charge in [-0.25, -0.2) is 9.37 Å². The van der Waals surface area contributed by atoms with E-state index in [1.807, 2.05) is 10.6 Å². The Kier molecular flexibility index (Phi) is 2.36. The van der Waals surface area contributed by atoms with Gasteiger partial charge in [-0.2, -0.15) is 0 Å². The van der Waals surface area contributed by atoms with Crippen molar-refractivity contribution in [1.29, 1.82) is 0 Å². The van der Waals surface area contributed by atoms with Crippen LogP contribution in [0.5, 0.6) is 0 Å². The molecule has 3 rings (SSSR count). The van der Waals surface area contributed by atoms with Gasteiger partial charge in [-0.3, -0.25) is 0 Å². The fourth-order valence-corrected chi connectivity index (χ4v) is 2.29. The zero-order valence-electron chi connectivity index (χ0n) is 8.99. The van der Waals surface area contributed by atoms with Crippen molar-refractivity contribution >= 4 is 5.65 Å². The van der Waals surface area contributed by atoms with Crippen molar-refractivity contribution in [3.63, 3.8) is 0 Å². The number of rotatable bonds is 2. The van der Waals surface area contributed by atoms with Gasteiger partial charge in [0.25, 0.3) is 0 Å². The van der Waals surface area contributed by atoms with E-state index in [0.29, 0.717) is 11.7 Å². The summed E-state index contributed by atoms with van der Waals surface area (Å²) in [6.45, 7) is 1.10. The first kappa shape index (κ1) is 9.78. The molecule has 0 bridgehead atoms. The van der Waals surface area contributed by atoms with E-state index in [-0.39, 0.29) is 5.82 Å². The Balaban J connectivity index is 1.86. The maximum absolute atomic E-state index is 13.0. The number of nitrogens with one attached hydrogen (secondary N) is 1. The van der Waals surface area contributed by atoms with E-state index in [9.17, 15) is 4.39 Å². The summed E-state index contributed by atoms with van der Waals surface area (Å²) in [6.07, 6.45) is 7.08. The Hall–Kier alpha value is -1.42. The molecule has 1 N–H and O–H groups in total. The van der Waals surface area contributed by atoms with Crippen molar-refractivity contribution < 1.29 is 4.39 Å². The fraction of sp³-hybridized carbons (Fsp3) is 0.417. The van der Waals surface area contributed by atoms with E-state index in [1.165, 1.54) is 25.0 Å². The molecule has 3 nitrogen and oxygen atoms in total. The molecule has 0 amide bonds. The number of hydrogen-bond acceptors (Lipinski definition) is 2. The van der Waals surface area contributed by atoms with Crippen molar-refractivity contribution in [3.05, 3.63) is 36.0 Å². The molecule has 1 aliphatic rings. The quantitative estimate of drug-likeness (QED) is 0.834. The van der Waals surface area contributed by atoms with E-state index in [1.54, 1.807) is 6.20 Å². The first-order valence-electron chi connectivity index (χ1n) is 5.68. The smallest absolute Gasteiger partial charge is 0.139 e. The monoisotopic (exact) mass is 219 g/mol. The summed E-state index contributed by atoms with van der Waals surface area (Å²) in [6, 6.07) is 3.45. The number of hydrogen-bond donors (Lipinski definition) is 1. The van der Waals surface area contributed by atoms with Gasteiger partial charge in [-0.05, 0) is 25.5 Å². The molecule has 1 unspecified atom stereocenters. The van der Waals surface area contributed by atoms with Crippen LogP contribution < -0.4 is 5.32 Å². The highest BCUT2D eigenvalue weighted by Gasteiger charge is 2.15. The number of fused-ring (bicyclic) bond motifs is 1. The first-order valence-corrected chi connectivity index (χ1v) is 5.68. The molecular weight excluding hydrogens is 205 g/mol. The predicted molar refractivity (Wildman–Crippen MR) is 59.9 cm³/mol. The second-order valence-corrected chi connectivity index (χ2v) is 4.34. The van der Waals surface area contributed by atoms with E-state index >= 15 is 0 Å². The lowest BCUT2D eigenvalue weighted by Gasteiger charge is -2.06. The van der Waals surface area contributed by atoms with Crippen molar-refractivity contribution in [2.24, 2.45) is 0 Å². The average molecular weight is 219 g/mol. The maximum Gasteiger partial charge on any atom is 0.139 e. The van der Waals surface area contributed by atoms with Crippen molar-refractivity contribution in [1.82, 2.24) is 14.7 Å². The lowest BCUT2D eigenvalue weighted by molar-refractivity contribution is 0.597. The third-order valence-corrected chi connectivity index (χ3v) is 3.09. The molecule has 3 heterocycles. The van der Waals surface area contributed by atoms with E-state index < -0.39 is 0 Å². The number of halogens is 1. The lowest BCUT2D eigenvalue weighted by Crippen LogP contribution is -2.23. The summed E-state index contributed by atoms with van der Waals surface area (Å²) in [7, 11) is 0. The zero-order chi connectivity index (χ0) is 11.0. The minimum Gasteiger partial charge on any atom is -0.314 e. The van der Waals surface area contributed by atoms with Crippen LogP contribution in [0, 0.1) is 5.82 Å². The zero-order valence-corrected chi connectivity index (χ0v) is 8.99. The third kappa shape index (κ3) is 1.80. The van der Waals surface area contributed by atoms with Crippen LogP contribution >= 0.6 is 0 Å². The van der Waals surface area contributed by atoms with Crippen molar-refractivity contribution in [3.8, 4) is 0 Å². The summed E-state index contributed by atoms with van der Waals surface area (Å²) in [5, 5.41) is 3.44. The molecule has 1 aliphatic heterocycles. The van der Waals surface area contributed by atoms with Crippen LogP contribution in [-0.2, 0) is 6.42 Å². The summed E-state index contributed by atoms with van der Waals surface area (Å²) >= 11 is 0. The molecule has 0 radical (unpaired) electrons. The van der Waals surface area contributed by atoms with Crippen molar-refractivity contribution in [2.45, 2.75) is 25.3 Å². The second kappa shape index (κ2) is 3.87. The standard InChI is InChI=1S/C12H14FN3/c13-9-3-5-16-8-11(15-12(16)6-9)7-10-2-1-4-14-10/h3,5-6,8,10,14H,1-2,4,7H2.